The van der Waals surface area contributed by atoms with E-state index in [1.807, 2.05) is 0 Å². The Kier molecular flexibility index (Phi) is 7.67. The highest BCUT2D eigenvalue weighted by Gasteiger charge is 2.27. The minimum atomic E-state index is -1.15. The van der Waals surface area contributed by atoms with Gasteiger partial charge in [-0.3, -0.25) is 24.2 Å². The molecule has 0 aliphatic carbocycles. The second kappa shape index (κ2) is 9.48. The van der Waals surface area contributed by atoms with Crippen LogP contribution in [0.15, 0.2) is 24.5 Å². The van der Waals surface area contributed by atoms with Crippen LogP contribution in [-0.2, 0) is 25.6 Å². The molecule has 5 N–H and O–H groups in total. The summed E-state index contributed by atoms with van der Waals surface area (Å²) in [6, 6.07) is 1.37. The van der Waals surface area contributed by atoms with Gasteiger partial charge in [-0.05, 0) is 18.6 Å². The van der Waals surface area contributed by atoms with Gasteiger partial charge in [0.25, 0.3) is 0 Å². The molecule has 1 aromatic heterocycles. The first-order valence-corrected chi connectivity index (χ1v) is 7.68. The third-order valence-electron chi connectivity index (χ3n) is 3.37. The molecule has 0 saturated heterocycles. The molecule has 0 aromatic carbocycles. The Bertz CT molecular complexity index is 635. The summed E-state index contributed by atoms with van der Waals surface area (Å²) < 4.78 is 0. The lowest BCUT2D eigenvalue weighted by atomic mass is 10.1. The van der Waals surface area contributed by atoms with E-state index in [1.54, 1.807) is 24.5 Å². The summed E-state index contributed by atoms with van der Waals surface area (Å²) in [4.78, 5) is 52.0. The minimum Gasteiger partial charge on any atom is -0.370 e. The molecule has 0 spiro atoms. The van der Waals surface area contributed by atoms with Gasteiger partial charge in [-0.1, -0.05) is 6.07 Å². The fourth-order valence-electron chi connectivity index (χ4n) is 2.22. The summed E-state index contributed by atoms with van der Waals surface area (Å²) in [6.45, 7) is 1.28. The average molecular weight is 349 g/mol. The molecule has 0 fully saturated rings. The molecule has 0 aliphatic heterocycles. The first-order valence-electron chi connectivity index (χ1n) is 7.68. The number of nitrogens with two attached hydrogens (primary N) is 2. The first-order chi connectivity index (χ1) is 11.7. The number of nitrogens with zero attached hydrogens (tertiary/aromatic N) is 2. The SMILES string of the molecule is CC(=O)CN(C)C(=O)[C@H](Cc1cccnc1)NC(=O)[C@@H](N)CC(N)=O. The van der Waals surface area contributed by atoms with Crippen molar-refractivity contribution < 1.29 is 19.2 Å². The van der Waals surface area contributed by atoms with Crippen LogP contribution in [0.2, 0.25) is 0 Å². The largest absolute Gasteiger partial charge is 0.370 e. The Morgan fingerprint density at radius 2 is 2.00 bits per heavy atom. The van der Waals surface area contributed by atoms with Crippen LogP contribution in [0.1, 0.15) is 18.9 Å². The fraction of sp³-hybridized carbons (Fsp3) is 0.438. The van der Waals surface area contributed by atoms with Crippen LogP contribution in [-0.4, -0.2) is 59.1 Å². The van der Waals surface area contributed by atoms with E-state index < -0.39 is 29.8 Å². The Labute approximate surface area is 145 Å². The summed E-state index contributed by atoms with van der Waals surface area (Å²) in [5, 5.41) is 2.52. The fourth-order valence-corrected chi connectivity index (χ4v) is 2.22. The summed E-state index contributed by atoms with van der Waals surface area (Å²) in [6.07, 6.45) is 3.00. The third kappa shape index (κ3) is 7.08. The first kappa shape index (κ1) is 20.2. The lowest BCUT2D eigenvalue weighted by molar-refractivity contribution is -0.137. The summed E-state index contributed by atoms with van der Waals surface area (Å²) >= 11 is 0. The smallest absolute Gasteiger partial charge is 0.245 e. The third-order valence-corrected chi connectivity index (χ3v) is 3.37. The Balaban J connectivity index is 2.90. The number of aromatic nitrogens is 1. The number of pyridine rings is 1. The van der Waals surface area contributed by atoms with E-state index in [9.17, 15) is 19.2 Å². The molecule has 0 aliphatic rings. The van der Waals surface area contributed by atoms with Gasteiger partial charge in [0.15, 0.2) is 0 Å². The van der Waals surface area contributed by atoms with Gasteiger partial charge < -0.3 is 21.7 Å². The molecule has 0 saturated carbocycles. The van der Waals surface area contributed by atoms with Crippen molar-refractivity contribution in [3.8, 4) is 0 Å². The van der Waals surface area contributed by atoms with Crippen molar-refractivity contribution in [2.24, 2.45) is 11.5 Å². The number of nitrogens with one attached hydrogen (secondary N) is 1. The number of carbonyl (C=O) groups is 4. The maximum absolute atomic E-state index is 12.6. The molecule has 25 heavy (non-hydrogen) atoms. The van der Waals surface area contributed by atoms with Crippen molar-refractivity contribution in [2.45, 2.75) is 31.8 Å². The number of hydrogen-bond donors (Lipinski definition) is 3. The number of carbonyl (C=O) groups excluding carboxylic acids is 4. The average Bonchev–Trinajstić information content (AvgIpc) is 2.53. The Morgan fingerprint density at radius 3 is 2.52 bits per heavy atom. The monoisotopic (exact) mass is 349 g/mol. The molecular weight excluding hydrogens is 326 g/mol. The molecule has 2 atom stereocenters. The Morgan fingerprint density at radius 1 is 1.32 bits per heavy atom. The van der Waals surface area contributed by atoms with Crippen molar-refractivity contribution in [1.29, 1.82) is 0 Å². The maximum Gasteiger partial charge on any atom is 0.245 e. The normalized spacial score (nSPS) is 12.8. The number of primary amides is 1. The number of rotatable bonds is 9. The topological polar surface area (TPSA) is 148 Å². The Hall–Kier alpha value is -2.81. The van der Waals surface area contributed by atoms with Gasteiger partial charge >= 0.3 is 0 Å². The molecular formula is C16H23N5O4. The van der Waals surface area contributed by atoms with Crippen LogP contribution in [0.4, 0.5) is 0 Å². The molecule has 0 radical (unpaired) electrons. The molecule has 136 valence electrons. The number of Topliss-reactive ketones (excluding diaryl/α,β-unsaturated/α-hetero) is 1. The lowest BCUT2D eigenvalue weighted by Crippen LogP contribution is -2.53. The van der Waals surface area contributed by atoms with Crippen LogP contribution in [0.25, 0.3) is 0 Å². The second-order valence-electron chi connectivity index (χ2n) is 5.80. The van der Waals surface area contributed by atoms with Crippen molar-refractivity contribution in [2.75, 3.05) is 13.6 Å². The van der Waals surface area contributed by atoms with Crippen molar-refractivity contribution in [3.05, 3.63) is 30.1 Å². The molecule has 1 aromatic rings. The number of hydrogen-bond acceptors (Lipinski definition) is 6. The second-order valence-corrected chi connectivity index (χ2v) is 5.80. The van der Waals surface area contributed by atoms with E-state index in [4.69, 9.17) is 11.5 Å². The van der Waals surface area contributed by atoms with Crippen LogP contribution in [0, 0.1) is 0 Å². The zero-order valence-electron chi connectivity index (χ0n) is 14.3. The van der Waals surface area contributed by atoms with Crippen molar-refractivity contribution in [1.82, 2.24) is 15.2 Å². The maximum atomic E-state index is 12.6. The van der Waals surface area contributed by atoms with Gasteiger partial charge in [-0.25, -0.2) is 0 Å². The summed E-state index contributed by atoms with van der Waals surface area (Å²) in [7, 11) is 1.47. The molecule has 0 bridgehead atoms. The van der Waals surface area contributed by atoms with E-state index in [0.717, 1.165) is 5.56 Å². The number of amides is 3. The summed E-state index contributed by atoms with van der Waals surface area (Å²) in [5.74, 6) is -2.02. The molecule has 0 unspecified atom stereocenters. The van der Waals surface area contributed by atoms with Gasteiger partial charge in [0, 0.05) is 25.9 Å². The predicted molar refractivity (Wildman–Crippen MR) is 90.0 cm³/mol. The van der Waals surface area contributed by atoms with Gasteiger partial charge in [-0.15, -0.1) is 0 Å². The van der Waals surface area contributed by atoms with E-state index in [1.165, 1.54) is 18.9 Å². The van der Waals surface area contributed by atoms with Crippen LogP contribution < -0.4 is 16.8 Å². The standard InChI is InChI=1S/C16H23N5O4/c1-10(22)9-21(2)16(25)13(6-11-4-3-5-19-8-11)20-15(24)12(17)7-14(18)23/h3-5,8,12-13H,6-7,9,17H2,1-2H3,(H2,18,23)(H,20,24)/t12-,13-/m0/s1. The highest BCUT2D eigenvalue weighted by Crippen LogP contribution is 2.05. The van der Waals surface area contributed by atoms with Crippen molar-refractivity contribution in [3.63, 3.8) is 0 Å². The summed E-state index contributed by atoms with van der Waals surface area (Å²) in [5.41, 5.74) is 11.4. The van der Waals surface area contributed by atoms with Crippen molar-refractivity contribution >= 4 is 23.5 Å². The highest BCUT2D eigenvalue weighted by atomic mass is 16.2. The quantitative estimate of drug-likeness (QED) is 0.487. The minimum absolute atomic E-state index is 0.0778. The lowest BCUT2D eigenvalue weighted by Gasteiger charge is -2.25. The van der Waals surface area contributed by atoms with E-state index in [-0.39, 0.29) is 25.2 Å². The van der Waals surface area contributed by atoms with Crippen LogP contribution in [0.3, 0.4) is 0 Å². The molecule has 1 heterocycles. The number of likely N-dealkylation sites (N-methyl/N-ethyl adjacent to an activating group) is 1. The molecule has 9 heteroatoms. The van der Waals surface area contributed by atoms with E-state index >= 15 is 0 Å². The van der Waals surface area contributed by atoms with Gasteiger partial charge in [0.1, 0.15) is 11.8 Å². The molecule has 1 rings (SSSR count). The van der Waals surface area contributed by atoms with Gasteiger partial charge in [0.2, 0.25) is 17.7 Å². The molecule has 9 nitrogen and oxygen atoms in total. The zero-order valence-corrected chi connectivity index (χ0v) is 14.3. The van der Waals surface area contributed by atoms with Crippen LogP contribution >= 0.6 is 0 Å². The zero-order chi connectivity index (χ0) is 19.0. The van der Waals surface area contributed by atoms with E-state index in [2.05, 4.69) is 10.3 Å². The van der Waals surface area contributed by atoms with Gasteiger partial charge in [0.05, 0.1) is 19.0 Å². The van der Waals surface area contributed by atoms with Crippen LogP contribution in [0.5, 0.6) is 0 Å². The molecule has 3 amide bonds. The number of ketones is 1. The predicted octanol–water partition coefficient (Wildman–Crippen LogP) is -1.64. The van der Waals surface area contributed by atoms with E-state index in [0.29, 0.717) is 0 Å². The van der Waals surface area contributed by atoms with Gasteiger partial charge in [-0.2, -0.15) is 0 Å². The highest BCUT2D eigenvalue weighted by molar-refractivity contribution is 5.93.